The molecule has 0 aliphatic carbocycles. The molecule has 1 aromatic heterocycles. The van der Waals surface area contributed by atoms with Crippen LogP contribution >= 0.6 is 0 Å². The third kappa shape index (κ3) is 3.64. The molecule has 2 aliphatic heterocycles. The van der Waals surface area contributed by atoms with E-state index < -0.39 is 11.5 Å². The van der Waals surface area contributed by atoms with Gasteiger partial charge in [-0.3, -0.25) is 4.79 Å². The van der Waals surface area contributed by atoms with Gasteiger partial charge in [0.2, 0.25) is 0 Å². The van der Waals surface area contributed by atoms with E-state index in [1.54, 1.807) is 24.4 Å². The Morgan fingerprint density at radius 1 is 1.16 bits per heavy atom. The number of carbonyl (C=O) groups excluding carboxylic acids is 1. The summed E-state index contributed by atoms with van der Waals surface area (Å²) in [5.74, 6) is 1.11. The first-order chi connectivity index (χ1) is 15.5. The number of amides is 1. The van der Waals surface area contributed by atoms with E-state index in [0.29, 0.717) is 11.3 Å². The second kappa shape index (κ2) is 8.15. The highest BCUT2D eigenvalue weighted by molar-refractivity contribution is 5.85. The van der Waals surface area contributed by atoms with Crippen molar-refractivity contribution in [3.8, 4) is 5.75 Å². The number of nitrogen functional groups attached to an aromatic ring is 1. The lowest BCUT2D eigenvalue weighted by atomic mass is 9.69. The molecule has 3 heterocycles. The first-order valence-electron chi connectivity index (χ1n) is 10.8. The monoisotopic (exact) mass is 432 g/mol. The van der Waals surface area contributed by atoms with Gasteiger partial charge in [0, 0.05) is 48.6 Å². The number of pyridine rings is 1. The van der Waals surface area contributed by atoms with Crippen molar-refractivity contribution in [1.82, 2.24) is 10.3 Å². The average Bonchev–Trinajstić information content (AvgIpc) is 3.12. The molecule has 164 valence electrons. The number of piperidine rings is 1. The molecule has 0 saturated carbocycles. The number of hydrogen-bond acceptors (Lipinski definition) is 5. The summed E-state index contributed by atoms with van der Waals surface area (Å²) in [6, 6.07) is 17.8. The van der Waals surface area contributed by atoms with Crippen molar-refractivity contribution in [3.63, 3.8) is 0 Å². The maximum atomic E-state index is 13.5. The number of nitrogens with one attached hydrogen (secondary N) is 1. The predicted octanol–water partition coefficient (Wildman–Crippen LogP) is 3.42. The molecule has 5 rings (SSSR count). The Morgan fingerprint density at radius 2 is 1.97 bits per heavy atom. The van der Waals surface area contributed by atoms with Gasteiger partial charge in [-0.25, -0.2) is 9.37 Å². The molecular formula is C25H25FN4O2. The molecule has 0 radical (unpaired) electrons. The summed E-state index contributed by atoms with van der Waals surface area (Å²) < 4.78 is 19.7. The Balaban J connectivity index is 1.36. The molecule has 3 aromatic rings. The summed E-state index contributed by atoms with van der Waals surface area (Å²) in [5.41, 5.74) is 7.98. The second-order valence-electron chi connectivity index (χ2n) is 8.43. The van der Waals surface area contributed by atoms with Gasteiger partial charge < -0.3 is 20.7 Å². The number of nitrogens with two attached hydrogens (primary N) is 1. The van der Waals surface area contributed by atoms with E-state index in [1.807, 2.05) is 24.3 Å². The molecule has 0 bridgehead atoms. The van der Waals surface area contributed by atoms with Gasteiger partial charge in [0.1, 0.15) is 17.4 Å². The molecular weight excluding hydrogens is 407 g/mol. The summed E-state index contributed by atoms with van der Waals surface area (Å²) in [6.07, 6.45) is 2.58. The minimum Gasteiger partial charge on any atom is -0.479 e. The number of nitrogens with zero attached hydrogens (tertiary/aromatic N) is 2. The van der Waals surface area contributed by atoms with Crippen LogP contribution in [0.3, 0.4) is 0 Å². The van der Waals surface area contributed by atoms with Gasteiger partial charge >= 0.3 is 0 Å². The molecule has 1 atom stereocenters. The molecule has 1 unspecified atom stereocenters. The third-order valence-electron chi connectivity index (χ3n) is 6.51. The highest BCUT2D eigenvalue weighted by atomic mass is 19.1. The van der Waals surface area contributed by atoms with Crippen LogP contribution in [0.1, 0.15) is 24.0 Å². The number of benzene rings is 2. The summed E-state index contributed by atoms with van der Waals surface area (Å²) in [7, 11) is 0. The third-order valence-corrected chi connectivity index (χ3v) is 6.51. The number of halogens is 1. The molecule has 2 aromatic carbocycles. The lowest BCUT2D eigenvalue weighted by Crippen LogP contribution is -2.54. The maximum Gasteiger partial charge on any atom is 0.262 e. The number of rotatable bonds is 4. The van der Waals surface area contributed by atoms with Gasteiger partial charge in [-0.05, 0) is 42.7 Å². The van der Waals surface area contributed by atoms with E-state index in [2.05, 4.69) is 21.3 Å². The van der Waals surface area contributed by atoms with Gasteiger partial charge in [0.15, 0.2) is 6.10 Å². The fourth-order valence-electron chi connectivity index (χ4n) is 4.87. The van der Waals surface area contributed by atoms with Gasteiger partial charge in [-0.15, -0.1) is 0 Å². The van der Waals surface area contributed by atoms with Crippen LogP contribution in [0.5, 0.6) is 5.75 Å². The number of aromatic nitrogens is 1. The molecule has 1 spiro atoms. The van der Waals surface area contributed by atoms with E-state index in [4.69, 9.17) is 10.5 Å². The molecule has 7 heteroatoms. The standard InChI is InChI=1S/C25H25FN4O2/c26-18-5-3-4-17(14-18)16-29-24(31)23-25(20-6-1-2-7-21(20)32-23)9-12-30(13-10-25)22-15-19(27)8-11-28-22/h1-8,11,14-15,23H,9-10,12-13,16H2,(H2,27,28)(H,29,31). The van der Waals surface area contributed by atoms with Crippen LogP contribution in [0.4, 0.5) is 15.9 Å². The Morgan fingerprint density at radius 3 is 2.75 bits per heavy atom. The minimum atomic E-state index is -0.635. The first-order valence-corrected chi connectivity index (χ1v) is 10.8. The van der Waals surface area contributed by atoms with Crippen LogP contribution in [0.15, 0.2) is 66.9 Å². The van der Waals surface area contributed by atoms with Crippen molar-refractivity contribution >= 4 is 17.4 Å². The van der Waals surface area contributed by atoms with Crippen molar-refractivity contribution in [3.05, 3.63) is 83.8 Å². The van der Waals surface area contributed by atoms with Crippen molar-refractivity contribution in [1.29, 1.82) is 0 Å². The summed E-state index contributed by atoms with van der Waals surface area (Å²) in [5, 5.41) is 2.95. The normalized spacial score (nSPS) is 18.8. The van der Waals surface area contributed by atoms with Crippen molar-refractivity contribution < 1.29 is 13.9 Å². The van der Waals surface area contributed by atoms with Crippen LogP contribution in [0.2, 0.25) is 0 Å². The van der Waals surface area contributed by atoms with Gasteiger partial charge in [-0.1, -0.05) is 30.3 Å². The lowest BCUT2D eigenvalue weighted by Gasteiger charge is -2.42. The van der Waals surface area contributed by atoms with Crippen molar-refractivity contribution in [2.75, 3.05) is 23.7 Å². The van der Waals surface area contributed by atoms with Crippen LogP contribution in [0.25, 0.3) is 0 Å². The molecule has 6 nitrogen and oxygen atoms in total. The Bertz CT molecular complexity index is 1140. The number of anilines is 2. The van der Waals surface area contributed by atoms with E-state index in [-0.39, 0.29) is 18.3 Å². The average molecular weight is 432 g/mol. The smallest absolute Gasteiger partial charge is 0.262 e. The van der Waals surface area contributed by atoms with E-state index in [1.165, 1.54) is 12.1 Å². The first kappa shape index (κ1) is 20.3. The largest absolute Gasteiger partial charge is 0.479 e. The molecule has 2 aliphatic rings. The summed E-state index contributed by atoms with van der Waals surface area (Å²) >= 11 is 0. The molecule has 32 heavy (non-hydrogen) atoms. The van der Waals surface area contributed by atoms with Crippen LogP contribution in [0, 0.1) is 5.82 Å². The number of ether oxygens (including phenoxy) is 1. The van der Waals surface area contributed by atoms with E-state index in [9.17, 15) is 9.18 Å². The number of hydrogen-bond donors (Lipinski definition) is 2. The summed E-state index contributed by atoms with van der Waals surface area (Å²) in [6.45, 7) is 1.73. The molecule has 1 saturated heterocycles. The Labute approximate surface area is 186 Å². The van der Waals surface area contributed by atoms with E-state index in [0.717, 1.165) is 43.1 Å². The van der Waals surface area contributed by atoms with E-state index >= 15 is 0 Å². The van der Waals surface area contributed by atoms with Crippen LogP contribution in [-0.2, 0) is 16.8 Å². The minimum absolute atomic E-state index is 0.180. The Hall–Kier alpha value is -3.61. The Kier molecular flexibility index (Phi) is 5.17. The highest BCUT2D eigenvalue weighted by Gasteiger charge is 2.53. The second-order valence-corrected chi connectivity index (χ2v) is 8.43. The molecule has 1 amide bonds. The SMILES string of the molecule is Nc1ccnc(N2CCC3(CC2)c2ccccc2OC3C(=O)NCc2cccc(F)c2)c1. The van der Waals surface area contributed by atoms with Crippen LogP contribution in [-0.4, -0.2) is 30.1 Å². The zero-order valence-electron chi connectivity index (χ0n) is 17.6. The molecule has 3 N–H and O–H groups in total. The van der Waals surface area contributed by atoms with Gasteiger partial charge in [0.05, 0.1) is 0 Å². The highest BCUT2D eigenvalue weighted by Crippen LogP contribution is 2.49. The van der Waals surface area contributed by atoms with Crippen molar-refractivity contribution in [2.45, 2.75) is 30.9 Å². The number of carbonyl (C=O) groups is 1. The van der Waals surface area contributed by atoms with Gasteiger partial charge in [0.25, 0.3) is 5.91 Å². The lowest BCUT2D eigenvalue weighted by molar-refractivity contribution is -0.130. The maximum absolute atomic E-state index is 13.5. The van der Waals surface area contributed by atoms with Crippen LogP contribution < -0.4 is 20.7 Å². The number of para-hydroxylation sites is 1. The fourth-order valence-corrected chi connectivity index (χ4v) is 4.87. The van der Waals surface area contributed by atoms with Gasteiger partial charge in [-0.2, -0.15) is 0 Å². The summed E-state index contributed by atoms with van der Waals surface area (Å²) in [4.78, 5) is 19.9. The zero-order valence-corrected chi connectivity index (χ0v) is 17.6. The fraction of sp³-hybridized carbons (Fsp3) is 0.280. The molecule has 1 fully saturated rings. The topological polar surface area (TPSA) is 80.5 Å². The quantitative estimate of drug-likeness (QED) is 0.660. The van der Waals surface area contributed by atoms with Crippen molar-refractivity contribution in [2.24, 2.45) is 0 Å². The zero-order chi connectivity index (χ0) is 22.1. The number of fused-ring (bicyclic) bond motifs is 2. The predicted molar refractivity (Wildman–Crippen MR) is 121 cm³/mol.